The largest absolute Gasteiger partial charge is 0.416 e. The number of carbonyl (C=O) groups is 1. The molecular formula is C14H14F6N2O. The van der Waals surface area contributed by atoms with E-state index >= 15 is 0 Å². The summed E-state index contributed by atoms with van der Waals surface area (Å²) in [5, 5.41) is 2.12. The zero-order chi connectivity index (χ0) is 17.4. The highest BCUT2D eigenvalue weighted by Gasteiger charge is 2.37. The third-order valence-corrected chi connectivity index (χ3v) is 3.55. The molecule has 1 unspecified atom stereocenters. The standard InChI is InChI=1S/C14H14F6N2O/c1-8-2-3-22(7-8)12(23)21-11-5-9(13(15,16)17)4-10(6-11)14(18,19)20/h4-6,8H,2-3,7H2,1H3,(H,21,23). The maximum absolute atomic E-state index is 12.7. The summed E-state index contributed by atoms with van der Waals surface area (Å²) in [5.74, 6) is 0.244. The molecule has 1 N–H and O–H groups in total. The van der Waals surface area contributed by atoms with E-state index in [2.05, 4.69) is 5.32 Å². The maximum Gasteiger partial charge on any atom is 0.416 e. The van der Waals surface area contributed by atoms with Crippen molar-refractivity contribution in [3.63, 3.8) is 0 Å². The number of carbonyl (C=O) groups excluding carboxylic acids is 1. The normalized spacial score (nSPS) is 19.1. The topological polar surface area (TPSA) is 32.3 Å². The van der Waals surface area contributed by atoms with Crippen molar-refractivity contribution in [1.82, 2.24) is 4.90 Å². The molecule has 1 atom stereocenters. The zero-order valence-electron chi connectivity index (χ0n) is 12.1. The first kappa shape index (κ1) is 17.4. The molecule has 1 fully saturated rings. The second kappa shape index (κ2) is 5.93. The van der Waals surface area contributed by atoms with E-state index in [1.54, 1.807) is 0 Å². The van der Waals surface area contributed by atoms with Crippen LogP contribution in [0.15, 0.2) is 18.2 Å². The minimum Gasteiger partial charge on any atom is -0.324 e. The van der Waals surface area contributed by atoms with Gasteiger partial charge >= 0.3 is 18.4 Å². The van der Waals surface area contributed by atoms with E-state index < -0.39 is 35.2 Å². The SMILES string of the molecule is CC1CCN(C(=O)Nc2cc(C(F)(F)F)cc(C(F)(F)F)c2)C1. The number of amides is 2. The summed E-state index contributed by atoms with van der Waals surface area (Å²) < 4.78 is 76.4. The summed E-state index contributed by atoms with van der Waals surface area (Å²) in [6.45, 7) is 2.73. The van der Waals surface area contributed by atoms with Crippen LogP contribution >= 0.6 is 0 Å². The Morgan fingerprint density at radius 2 is 1.61 bits per heavy atom. The number of hydrogen-bond donors (Lipinski definition) is 1. The molecule has 1 aromatic carbocycles. The summed E-state index contributed by atoms with van der Waals surface area (Å²) in [4.78, 5) is 13.3. The van der Waals surface area contributed by atoms with Gasteiger partial charge in [-0.2, -0.15) is 26.3 Å². The lowest BCUT2D eigenvalue weighted by Crippen LogP contribution is -2.33. The lowest BCUT2D eigenvalue weighted by molar-refractivity contribution is -0.143. The van der Waals surface area contributed by atoms with Crippen LogP contribution in [0.2, 0.25) is 0 Å². The Morgan fingerprint density at radius 1 is 1.09 bits per heavy atom. The first-order chi connectivity index (χ1) is 10.5. The first-order valence-electron chi connectivity index (χ1n) is 6.82. The Morgan fingerprint density at radius 3 is 2.00 bits per heavy atom. The van der Waals surface area contributed by atoms with Gasteiger partial charge in [-0.25, -0.2) is 4.79 Å². The smallest absolute Gasteiger partial charge is 0.324 e. The number of hydrogen-bond acceptors (Lipinski definition) is 1. The molecule has 0 radical (unpaired) electrons. The quantitative estimate of drug-likeness (QED) is 0.745. The molecule has 128 valence electrons. The van der Waals surface area contributed by atoms with Gasteiger partial charge in [0.1, 0.15) is 0 Å². The molecule has 9 heteroatoms. The number of nitrogens with one attached hydrogen (secondary N) is 1. The molecule has 0 aromatic heterocycles. The van der Waals surface area contributed by atoms with Crippen molar-refractivity contribution < 1.29 is 31.1 Å². The molecule has 2 amide bonds. The molecule has 1 aliphatic heterocycles. The van der Waals surface area contributed by atoms with Gasteiger partial charge in [-0.1, -0.05) is 6.92 Å². The molecular weight excluding hydrogens is 326 g/mol. The van der Waals surface area contributed by atoms with Crippen LogP contribution in [-0.4, -0.2) is 24.0 Å². The van der Waals surface area contributed by atoms with Gasteiger partial charge in [0, 0.05) is 18.8 Å². The minimum absolute atomic E-state index is 0.0214. The Kier molecular flexibility index (Phi) is 4.50. The molecule has 1 saturated heterocycles. The second-order valence-electron chi connectivity index (χ2n) is 5.56. The highest BCUT2D eigenvalue weighted by atomic mass is 19.4. The summed E-state index contributed by atoms with van der Waals surface area (Å²) in [6, 6.07) is 0.300. The minimum atomic E-state index is -4.94. The van der Waals surface area contributed by atoms with Crippen LogP contribution in [0.25, 0.3) is 0 Å². The first-order valence-corrected chi connectivity index (χ1v) is 6.82. The van der Waals surface area contributed by atoms with Crippen molar-refractivity contribution in [1.29, 1.82) is 0 Å². The van der Waals surface area contributed by atoms with Crippen molar-refractivity contribution in [2.24, 2.45) is 5.92 Å². The molecule has 3 nitrogen and oxygen atoms in total. The molecule has 1 heterocycles. The average Bonchev–Trinajstić information content (AvgIpc) is 2.83. The number of urea groups is 1. The predicted molar refractivity (Wildman–Crippen MR) is 70.8 cm³/mol. The summed E-state index contributed by atoms with van der Waals surface area (Å²) in [7, 11) is 0. The third-order valence-electron chi connectivity index (χ3n) is 3.55. The van der Waals surface area contributed by atoms with Crippen molar-refractivity contribution in [2.75, 3.05) is 18.4 Å². The van der Waals surface area contributed by atoms with Crippen LogP contribution in [0.5, 0.6) is 0 Å². The van der Waals surface area contributed by atoms with Crippen molar-refractivity contribution in [3.8, 4) is 0 Å². The van der Waals surface area contributed by atoms with Crippen molar-refractivity contribution >= 4 is 11.7 Å². The Bertz CT molecular complexity index is 564. The predicted octanol–water partition coefficient (Wildman–Crippen LogP) is 4.60. The number of nitrogens with zero attached hydrogens (tertiary/aromatic N) is 1. The van der Waals surface area contributed by atoms with E-state index in [9.17, 15) is 31.1 Å². The number of anilines is 1. The molecule has 1 aliphatic rings. The Balaban J connectivity index is 2.28. The monoisotopic (exact) mass is 340 g/mol. The highest BCUT2D eigenvalue weighted by molar-refractivity contribution is 5.89. The molecule has 0 aliphatic carbocycles. The number of halogens is 6. The van der Waals surface area contributed by atoms with Crippen molar-refractivity contribution in [3.05, 3.63) is 29.3 Å². The highest BCUT2D eigenvalue weighted by Crippen LogP contribution is 2.37. The molecule has 0 saturated carbocycles. The van der Waals surface area contributed by atoms with Gasteiger partial charge in [-0.3, -0.25) is 0 Å². The van der Waals surface area contributed by atoms with Crippen LogP contribution in [0, 0.1) is 5.92 Å². The van der Waals surface area contributed by atoms with Gasteiger partial charge < -0.3 is 10.2 Å². The lowest BCUT2D eigenvalue weighted by Gasteiger charge is -2.19. The molecule has 1 aromatic rings. The van der Waals surface area contributed by atoms with E-state index in [1.165, 1.54) is 4.90 Å². The van der Waals surface area contributed by atoms with Gasteiger partial charge in [0.15, 0.2) is 0 Å². The van der Waals surface area contributed by atoms with Gasteiger partial charge in [0.25, 0.3) is 0 Å². The third kappa shape index (κ3) is 4.29. The van der Waals surface area contributed by atoms with E-state index in [-0.39, 0.29) is 12.0 Å². The number of rotatable bonds is 1. The van der Waals surface area contributed by atoms with Gasteiger partial charge in [0.05, 0.1) is 11.1 Å². The molecule has 0 bridgehead atoms. The lowest BCUT2D eigenvalue weighted by atomic mass is 10.1. The van der Waals surface area contributed by atoms with Crippen molar-refractivity contribution in [2.45, 2.75) is 25.7 Å². The van der Waals surface area contributed by atoms with E-state index in [1.807, 2.05) is 6.92 Å². The maximum atomic E-state index is 12.7. The fourth-order valence-corrected chi connectivity index (χ4v) is 2.35. The van der Waals surface area contributed by atoms with Crippen LogP contribution in [0.4, 0.5) is 36.8 Å². The number of alkyl halides is 6. The molecule has 0 spiro atoms. The molecule has 23 heavy (non-hydrogen) atoms. The fourth-order valence-electron chi connectivity index (χ4n) is 2.35. The fraction of sp³-hybridized carbons (Fsp3) is 0.500. The summed E-state index contributed by atoms with van der Waals surface area (Å²) in [5.41, 5.74) is -3.45. The van der Waals surface area contributed by atoms with Gasteiger partial charge in [-0.15, -0.1) is 0 Å². The van der Waals surface area contributed by atoms with Crippen LogP contribution < -0.4 is 5.32 Å². The van der Waals surface area contributed by atoms with E-state index in [0.29, 0.717) is 25.2 Å². The Hall–Kier alpha value is -1.93. The molecule has 2 rings (SSSR count). The van der Waals surface area contributed by atoms with E-state index in [4.69, 9.17) is 0 Å². The van der Waals surface area contributed by atoms with Crippen LogP contribution in [0.3, 0.4) is 0 Å². The summed E-state index contributed by atoms with van der Waals surface area (Å²) in [6.07, 6.45) is -9.14. The van der Waals surface area contributed by atoms with Gasteiger partial charge in [-0.05, 0) is 30.5 Å². The second-order valence-corrected chi connectivity index (χ2v) is 5.56. The van der Waals surface area contributed by atoms with E-state index in [0.717, 1.165) is 6.42 Å². The zero-order valence-corrected chi connectivity index (χ0v) is 12.1. The van der Waals surface area contributed by atoms with Gasteiger partial charge in [0.2, 0.25) is 0 Å². The number of likely N-dealkylation sites (tertiary alicyclic amines) is 1. The number of benzene rings is 1. The van der Waals surface area contributed by atoms with Crippen LogP contribution in [0.1, 0.15) is 24.5 Å². The average molecular weight is 340 g/mol. The Labute approximate surface area is 128 Å². The summed E-state index contributed by atoms with van der Waals surface area (Å²) >= 11 is 0. The van der Waals surface area contributed by atoms with Crippen LogP contribution in [-0.2, 0) is 12.4 Å².